The monoisotopic (exact) mass is 785 g/mol. The topological polar surface area (TPSA) is 158 Å². The molecular formula is C39H37F2N7O9. The van der Waals surface area contributed by atoms with Crippen molar-refractivity contribution in [2.45, 2.75) is 44.2 Å². The predicted octanol–water partition coefficient (Wildman–Crippen LogP) is 3.72. The smallest absolute Gasteiger partial charge is 0.436 e. The van der Waals surface area contributed by atoms with Crippen LogP contribution in [0, 0.1) is 11.6 Å². The molecule has 1 aromatic heterocycles. The highest BCUT2D eigenvalue weighted by Crippen LogP contribution is 2.40. The molecule has 18 heteroatoms. The Labute approximate surface area is 324 Å². The van der Waals surface area contributed by atoms with Crippen molar-refractivity contribution in [3.63, 3.8) is 0 Å². The number of halogens is 2. The fourth-order valence-corrected chi connectivity index (χ4v) is 7.31. The molecule has 1 spiro atoms. The molecule has 3 saturated heterocycles. The van der Waals surface area contributed by atoms with Crippen LogP contribution in [0.1, 0.15) is 19.4 Å². The van der Waals surface area contributed by atoms with Gasteiger partial charge >= 0.3 is 29.8 Å². The molecule has 2 atom stereocenters. The van der Waals surface area contributed by atoms with Crippen molar-refractivity contribution in [2.75, 3.05) is 54.1 Å². The number of imide groups is 1. The van der Waals surface area contributed by atoms with E-state index in [4.69, 9.17) is 23.7 Å². The Morgan fingerprint density at radius 3 is 2.04 bits per heavy atom. The first-order valence-corrected chi connectivity index (χ1v) is 18.2. The lowest BCUT2D eigenvalue weighted by Gasteiger charge is -2.37. The zero-order valence-electron chi connectivity index (χ0n) is 30.8. The molecule has 4 aliphatic rings. The molecule has 0 unspecified atom stereocenters. The molecule has 0 N–H and O–H groups in total. The number of piperazine rings is 1. The molecule has 5 heterocycles. The van der Waals surface area contributed by atoms with Crippen LogP contribution < -0.4 is 19.4 Å². The summed E-state index contributed by atoms with van der Waals surface area (Å²) in [5, 5.41) is 4.12. The van der Waals surface area contributed by atoms with E-state index < -0.39 is 59.4 Å². The third kappa shape index (κ3) is 7.12. The number of aromatic nitrogens is 3. The van der Waals surface area contributed by atoms with Crippen LogP contribution in [0.25, 0.3) is 0 Å². The summed E-state index contributed by atoms with van der Waals surface area (Å²) < 4.78 is 59.0. The Balaban J connectivity index is 0.877. The van der Waals surface area contributed by atoms with Gasteiger partial charge < -0.3 is 33.5 Å². The van der Waals surface area contributed by atoms with Gasteiger partial charge in [0.1, 0.15) is 42.2 Å². The Bertz CT molecular complexity index is 2180. The van der Waals surface area contributed by atoms with Crippen LogP contribution in [0.5, 0.6) is 5.75 Å². The molecular weight excluding hydrogens is 748 g/mol. The van der Waals surface area contributed by atoms with Crippen molar-refractivity contribution < 1.29 is 51.6 Å². The summed E-state index contributed by atoms with van der Waals surface area (Å²) in [6.45, 7) is 6.08. The molecule has 57 heavy (non-hydrogen) atoms. The van der Waals surface area contributed by atoms with Crippen molar-refractivity contribution in [3.8, 4) is 5.75 Å². The first-order chi connectivity index (χ1) is 27.4. The molecule has 0 radical (unpaired) electrons. The maximum atomic E-state index is 15.0. The number of urea groups is 1. The quantitative estimate of drug-likeness (QED) is 0.170. The molecule has 3 fully saturated rings. The van der Waals surface area contributed by atoms with E-state index in [1.54, 1.807) is 38.1 Å². The van der Waals surface area contributed by atoms with Gasteiger partial charge in [-0.15, -0.1) is 0 Å². The van der Waals surface area contributed by atoms with Crippen molar-refractivity contribution in [3.05, 3.63) is 109 Å². The lowest BCUT2D eigenvalue weighted by molar-refractivity contribution is -0.216. The summed E-state index contributed by atoms with van der Waals surface area (Å²) in [4.78, 5) is 62.0. The number of ether oxygens (including phenoxy) is 5. The summed E-state index contributed by atoms with van der Waals surface area (Å²) in [5.74, 6) is -6.48. The van der Waals surface area contributed by atoms with E-state index in [-0.39, 0.29) is 31.0 Å². The van der Waals surface area contributed by atoms with Gasteiger partial charge in [0.25, 0.3) is 0 Å². The lowest BCUT2D eigenvalue weighted by atomic mass is 9.94. The number of carbonyl (C=O) groups is 4. The SMILES string of the molecule is CC(C)N1C(=O)N(c2ccc(N3CCN(c4ccc(OC[C@H]5OC[C@](Cn6cncn6)(c6ccc(F)cc6F)O5)cc4)CC3)cc2)C2(OC(=O)C=CC(=O)O2)C1=O. The van der Waals surface area contributed by atoms with Crippen molar-refractivity contribution in [2.24, 2.45) is 0 Å². The molecule has 4 aromatic rings. The van der Waals surface area contributed by atoms with Crippen LogP contribution in [-0.4, -0.2) is 101 Å². The summed E-state index contributed by atoms with van der Waals surface area (Å²) in [6, 6.07) is 16.3. The van der Waals surface area contributed by atoms with Gasteiger partial charge in [-0.05, 0) is 68.4 Å². The number of rotatable bonds is 10. The van der Waals surface area contributed by atoms with Crippen molar-refractivity contribution in [1.29, 1.82) is 0 Å². The molecule has 0 saturated carbocycles. The second kappa shape index (κ2) is 14.9. The second-order valence-corrected chi connectivity index (χ2v) is 14.0. The van der Waals surface area contributed by atoms with Crippen LogP contribution in [0.2, 0.25) is 0 Å². The number of amides is 3. The highest BCUT2D eigenvalue weighted by Gasteiger charge is 2.66. The summed E-state index contributed by atoms with van der Waals surface area (Å²) >= 11 is 0. The Kier molecular flexibility index (Phi) is 9.82. The zero-order valence-corrected chi connectivity index (χ0v) is 30.8. The van der Waals surface area contributed by atoms with Crippen molar-refractivity contribution in [1.82, 2.24) is 19.7 Å². The standard InChI is InChI=1S/C39H37F2N7O9/c1-25(2)47-36(51)39(55-33(49)13-14-34(50)56-39)48(37(47)52)29-6-4-27(5-7-29)44-15-17-45(18-16-44)28-8-10-30(11-9-28)53-20-35-54-22-38(57-35,21-46-24-42-23-43-46)31-12-3-26(40)19-32(31)41/h3-14,19,23-25,35H,15-18,20-22H2,1-2H3/t35-,38+/m0/s1. The number of anilines is 3. The number of hydrogen-bond donors (Lipinski definition) is 0. The largest absolute Gasteiger partial charge is 0.488 e. The molecule has 0 aliphatic carbocycles. The first kappa shape index (κ1) is 37.5. The molecule has 3 aromatic carbocycles. The van der Waals surface area contributed by atoms with Crippen LogP contribution in [0.15, 0.2) is 91.5 Å². The van der Waals surface area contributed by atoms with Crippen LogP contribution in [0.3, 0.4) is 0 Å². The fourth-order valence-electron chi connectivity index (χ4n) is 7.31. The maximum Gasteiger partial charge on any atom is 0.436 e. The zero-order chi connectivity index (χ0) is 39.9. The predicted molar refractivity (Wildman–Crippen MR) is 196 cm³/mol. The Hall–Kier alpha value is -6.40. The van der Waals surface area contributed by atoms with Gasteiger partial charge in [0, 0.05) is 67.4 Å². The number of benzene rings is 3. The van der Waals surface area contributed by atoms with Gasteiger partial charge in [0.05, 0.1) is 18.8 Å². The van der Waals surface area contributed by atoms with Crippen molar-refractivity contribution >= 4 is 40.9 Å². The average molecular weight is 786 g/mol. The number of hydrogen-bond acceptors (Lipinski definition) is 13. The summed E-state index contributed by atoms with van der Waals surface area (Å²) in [6.07, 6.45) is 3.68. The van der Waals surface area contributed by atoms with E-state index >= 15 is 0 Å². The highest BCUT2D eigenvalue weighted by molar-refractivity contribution is 6.17. The van der Waals surface area contributed by atoms with Gasteiger partial charge in [0.2, 0.25) is 0 Å². The van der Waals surface area contributed by atoms with E-state index in [0.29, 0.717) is 31.9 Å². The number of nitrogens with zero attached hydrogens (tertiary/aromatic N) is 7. The van der Waals surface area contributed by atoms with Crippen LogP contribution in [-0.2, 0) is 45.5 Å². The van der Waals surface area contributed by atoms with E-state index in [9.17, 15) is 28.0 Å². The molecule has 4 aliphatic heterocycles. The minimum absolute atomic E-state index is 0.0124. The van der Waals surface area contributed by atoms with E-state index in [0.717, 1.165) is 39.4 Å². The first-order valence-electron chi connectivity index (χ1n) is 18.2. The highest BCUT2D eigenvalue weighted by atomic mass is 19.1. The third-order valence-electron chi connectivity index (χ3n) is 10.0. The summed E-state index contributed by atoms with van der Waals surface area (Å²) in [5.41, 5.74) is 0.904. The van der Waals surface area contributed by atoms with Gasteiger partial charge in [0.15, 0.2) is 6.29 Å². The van der Waals surface area contributed by atoms with E-state index in [1.807, 2.05) is 24.3 Å². The lowest BCUT2D eigenvalue weighted by Crippen LogP contribution is -2.56. The second-order valence-electron chi connectivity index (χ2n) is 14.0. The molecule has 16 nitrogen and oxygen atoms in total. The molecule has 0 bridgehead atoms. The average Bonchev–Trinajstić information content (AvgIpc) is 3.88. The van der Waals surface area contributed by atoms with Gasteiger partial charge in [-0.25, -0.2) is 37.7 Å². The molecule has 3 amide bonds. The number of esters is 2. The fraction of sp³-hybridized carbons (Fsp3) is 0.333. The van der Waals surface area contributed by atoms with E-state index in [2.05, 4.69) is 19.9 Å². The number of carbonyl (C=O) groups excluding carboxylic acids is 4. The van der Waals surface area contributed by atoms with Gasteiger partial charge in [-0.3, -0.25) is 9.69 Å². The minimum Gasteiger partial charge on any atom is -0.488 e. The summed E-state index contributed by atoms with van der Waals surface area (Å²) in [7, 11) is 0. The van der Waals surface area contributed by atoms with E-state index in [1.165, 1.54) is 29.5 Å². The minimum atomic E-state index is -2.61. The van der Waals surface area contributed by atoms with Gasteiger partial charge in [-0.2, -0.15) is 5.10 Å². The van der Waals surface area contributed by atoms with Crippen LogP contribution >= 0.6 is 0 Å². The van der Waals surface area contributed by atoms with Crippen LogP contribution in [0.4, 0.5) is 30.6 Å². The molecule has 296 valence electrons. The Morgan fingerprint density at radius 1 is 0.842 bits per heavy atom. The maximum absolute atomic E-state index is 15.0. The van der Waals surface area contributed by atoms with Gasteiger partial charge in [-0.1, -0.05) is 6.07 Å². The third-order valence-corrected chi connectivity index (χ3v) is 10.0. The molecule has 8 rings (SSSR count). The normalized spacial score (nSPS) is 22.1. The Morgan fingerprint density at radius 2 is 1.46 bits per heavy atom.